The molecule has 1 aromatic carbocycles. The van der Waals surface area contributed by atoms with Crippen LogP contribution in [0.1, 0.15) is 15.2 Å². The number of benzene rings is 1. The number of esters is 1. The molecule has 0 aliphatic heterocycles. The van der Waals surface area contributed by atoms with E-state index in [1.54, 1.807) is 23.5 Å². The van der Waals surface area contributed by atoms with Crippen molar-refractivity contribution < 1.29 is 9.53 Å². The fourth-order valence-electron chi connectivity index (χ4n) is 1.55. The minimum atomic E-state index is -0.339. The third kappa shape index (κ3) is 2.81. The molecular formula is C13H14N2O2S. The van der Waals surface area contributed by atoms with Crippen molar-refractivity contribution >= 4 is 28.7 Å². The summed E-state index contributed by atoms with van der Waals surface area (Å²) in [4.78, 5) is 12.5. The number of nitrogen functional groups attached to an aromatic ring is 1. The van der Waals surface area contributed by atoms with E-state index in [0.717, 1.165) is 16.3 Å². The van der Waals surface area contributed by atoms with E-state index in [4.69, 9.17) is 5.73 Å². The number of anilines is 2. The topological polar surface area (TPSA) is 64.3 Å². The maximum absolute atomic E-state index is 11.4. The van der Waals surface area contributed by atoms with Crippen LogP contribution < -0.4 is 11.1 Å². The van der Waals surface area contributed by atoms with Crippen molar-refractivity contribution in [2.75, 3.05) is 18.2 Å². The summed E-state index contributed by atoms with van der Waals surface area (Å²) in [5.41, 5.74) is 7.98. The van der Waals surface area contributed by atoms with E-state index >= 15 is 0 Å². The Labute approximate surface area is 109 Å². The molecule has 2 aromatic rings. The summed E-state index contributed by atoms with van der Waals surface area (Å²) in [6.45, 7) is 0.647. The minimum Gasteiger partial charge on any atom is -0.465 e. The summed E-state index contributed by atoms with van der Waals surface area (Å²) < 4.78 is 4.68. The van der Waals surface area contributed by atoms with Crippen LogP contribution in [0.25, 0.3) is 0 Å². The van der Waals surface area contributed by atoms with Crippen LogP contribution in [0.2, 0.25) is 0 Å². The van der Waals surface area contributed by atoms with Gasteiger partial charge >= 0.3 is 5.97 Å². The van der Waals surface area contributed by atoms with Crippen LogP contribution in [0.5, 0.6) is 0 Å². The lowest BCUT2D eigenvalue weighted by Crippen LogP contribution is -2.04. The van der Waals surface area contributed by atoms with Crippen molar-refractivity contribution in [3.63, 3.8) is 0 Å². The molecule has 1 aromatic heterocycles. The molecule has 0 unspecified atom stereocenters. The van der Waals surface area contributed by atoms with E-state index in [1.165, 1.54) is 7.11 Å². The first-order valence-electron chi connectivity index (χ1n) is 5.45. The smallest absolute Gasteiger partial charge is 0.337 e. The van der Waals surface area contributed by atoms with Gasteiger partial charge in [-0.2, -0.15) is 0 Å². The molecule has 5 heteroatoms. The Kier molecular flexibility index (Phi) is 3.84. The van der Waals surface area contributed by atoms with Gasteiger partial charge in [0.2, 0.25) is 0 Å². The number of hydrogen-bond donors (Lipinski definition) is 2. The monoisotopic (exact) mass is 262 g/mol. The second-order valence-electron chi connectivity index (χ2n) is 3.73. The van der Waals surface area contributed by atoms with Crippen molar-refractivity contribution in [2.45, 2.75) is 6.54 Å². The van der Waals surface area contributed by atoms with Crippen molar-refractivity contribution in [1.29, 1.82) is 0 Å². The number of rotatable bonds is 4. The fraction of sp³-hybridized carbons (Fsp3) is 0.154. The molecule has 4 nitrogen and oxygen atoms in total. The average molecular weight is 262 g/mol. The lowest BCUT2D eigenvalue weighted by atomic mass is 10.2. The van der Waals surface area contributed by atoms with Crippen LogP contribution in [0.3, 0.4) is 0 Å². The van der Waals surface area contributed by atoms with E-state index in [0.29, 0.717) is 12.1 Å². The molecule has 1 heterocycles. The number of ether oxygens (including phenoxy) is 1. The largest absolute Gasteiger partial charge is 0.465 e. The molecule has 0 amide bonds. The Hall–Kier alpha value is -2.01. The highest BCUT2D eigenvalue weighted by Crippen LogP contribution is 2.20. The molecule has 0 aliphatic carbocycles. The number of carbonyl (C=O) groups is 1. The van der Waals surface area contributed by atoms with Gasteiger partial charge in [-0.05, 0) is 29.6 Å². The Morgan fingerprint density at radius 1 is 1.44 bits per heavy atom. The number of nitrogens with one attached hydrogen (secondary N) is 1. The summed E-state index contributed by atoms with van der Waals surface area (Å²) in [5.74, 6) is -0.339. The van der Waals surface area contributed by atoms with Crippen LogP contribution in [0.15, 0.2) is 35.7 Å². The maximum atomic E-state index is 11.4. The first-order valence-corrected chi connectivity index (χ1v) is 6.33. The van der Waals surface area contributed by atoms with Crippen LogP contribution in [-0.2, 0) is 11.3 Å². The van der Waals surface area contributed by atoms with E-state index < -0.39 is 0 Å². The number of thiophene rings is 1. The number of carbonyl (C=O) groups excluding carboxylic acids is 1. The average Bonchev–Trinajstić information content (AvgIpc) is 2.81. The van der Waals surface area contributed by atoms with Gasteiger partial charge in [0.1, 0.15) is 0 Å². The fourth-order valence-corrected chi connectivity index (χ4v) is 2.29. The molecule has 0 aliphatic rings. The molecule has 94 valence electrons. The van der Waals surface area contributed by atoms with Gasteiger partial charge in [0.15, 0.2) is 0 Å². The van der Waals surface area contributed by atoms with Crippen LogP contribution >= 0.6 is 11.3 Å². The summed E-state index contributed by atoms with van der Waals surface area (Å²) in [7, 11) is 1.37. The van der Waals surface area contributed by atoms with Gasteiger partial charge in [0.25, 0.3) is 0 Å². The molecule has 0 saturated heterocycles. The molecule has 0 spiro atoms. The molecule has 18 heavy (non-hydrogen) atoms. The van der Waals surface area contributed by atoms with Gasteiger partial charge in [-0.3, -0.25) is 0 Å². The minimum absolute atomic E-state index is 0.339. The predicted octanol–water partition coefficient (Wildman–Crippen LogP) is 2.73. The Bertz CT molecular complexity index is 551. The van der Waals surface area contributed by atoms with Gasteiger partial charge in [0, 0.05) is 16.3 Å². The molecule has 3 N–H and O–H groups in total. The van der Waals surface area contributed by atoms with Gasteiger partial charge < -0.3 is 15.8 Å². The lowest BCUT2D eigenvalue weighted by molar-refractivity contribution is 0.0601. The molecular weight excluding hydrogens is 248 g/mol. The van der Waals surface area contributed by atoms with Gasteiger partial charge in [-0.1, -0.05) is 6.07 Å². The van der Waals surface area contributed by atoms with Gasteiger partial charge in [-0.25, -0.2) is 4.79 Å². The standard InChI is InChI=1S/C13H14N2O2S/c1-17-13(16)9-3-2-4-10(7-9)15-8-12-11(14)5-6-18-12/h2-7,15H,8,14H2,1H3. The zero-order valence-corrected chi connectivity index (χ0v) is 10.8. The highest BCUT2D eigenvalue weighted by molar-refractivity contribution is 7.10. The zero-order chi connectivity index (χ0) is 13.0. The second-order valence-corrected chi connectivity index (χ2v) is 4.73. The predicted molar refractivity (Wildman–Crippen MR) is 73.8 cm³/mol. The normalized spacial score (nSPS) is 10.1. The summed E-state index contributed by atoms with van der Waals surface area (Å²) in [5, 5.41) is 5.19. The zero-order valence-electron chi connectivity index (χ0n) is 9.97. The first-order chi connectivity index (χ1) is 8.70. The van der Waals surface area contributed by atoms with Crippen molar-refractivity contribution in [3.8, 4) is 0 Å². The van der Waals surface area contributed by atoms with E-state index in [2.05, 4.69) is 10.1 Å². The highest BCUT2D eigenvalue weighted by atomic mass is 32.1. The number of nitrogens with two attached hydrogens (primary N) is 1. The first kappa shape index (κ1) is 12.4. The van der Waals surface area contributed by atoms with Crippen LogP contribution in [0, 0.1) is 0 Å². The van der Waals surface area contributed by atoms with E-state index in [-0.39, 0.29) is 5.97 Å². The summed E-state index contributed by atoms with van der Waals surface area (Å²) in [6.07, 6.45) is 0. The van der Waals surface area contributed by atoms with E-state index in [9.17, 15) is 4.79 Å². The van der Waals surface area contributed by atoms with Crippen LogP contribution in [-0.4, -0.2) is 13.1 Å². The lowest BCUT2D eigenvalue weighted by Gasteiger charge is -2.07. The Morgan fingerprint density at radius 3 is 2.94 bits per heavy atom. The highest BCUT2D eigenvalue weighted by Gasteiger charge is 2.06. The summed E-state index contributed by atoms with van der Waals surface area (Å²) in [6, 6.07) is 9.07. The molecule has 0 radical (unpaired) electrons. The van der Waals surface area contributed by atoms with Gasteiger partial charge in [0.05, 0.1) is 19.2 Å². The van der Waals surface area contributed by atoms with Crippen LogP contribution in [0.4, 0.5) is 11.4 Å². The summed E-state index contributed by atoms with van der Waals surface area (Å²) >= 11 is 1.60. The van der Waals surface area contributed by atoms with Crippen molar-refractivity contribution in [2.24, 2.45) is 0 Å². The third-order valence-electron chi connectivity index (χ3n) is 2.52. The van der Waals surface area contributed by atoms with Gasteiger partial charge in [-0.15, -0.1) is 11.3 Å². The van der Waals surface area contributed by atoms with E-state index in [1.807, 2.05) is 23.6 Å². The Morgan fingerprint density at radius 2 is 2.28 bits per heavy atom. The number of hydrogen-bond acceptors (Lipinski definition) is 5. The number of methoxy groups -OCH3 is 1. The molecule has 0 atom stereocenters. The molecule has 2 rings (SSSR count). The van der Waals surface area contributed by atoms with Crippen molar-refractivity contribution in [3.05, 3.63) is 46.2 Å². The molecule has 0 saturated carbocycles. The maximum Gasteiger partial charge on any atom is 0.337 e. The van der Waals surface area contributed by atoms with Crippen molar-refractivity contribution in [1.82, 2.24) is 0 Å². The molecule has 0 bridgehead atoms. The quantitative estimate of drug-likeness (QED) is 0.832. The Balaban J connectivity index is 2.06. The SMILES string of the molecule is COC(=O)c1cccc(NCc2sccc2N)c1. The second kappa shape index (κ2) is 5.55. The third-order valence-corrected chi connectivity index (χ3v) is 3.45. The molecule has 0 fully saturated rings.